The van der Waals surface area contributed by atoms with E-state index in [2.05, 4.69) is 15.3 Å². The smallest absolute Gasteiger partial charge is 0.296 e. The Morgan fingerprint density at radius 2 is 1.95 bits per heavy atom. The standard InChI is InChI=1S/C13H14N4O4S/c1-7-12(19)17(13(22)16-15-7)14-6-8-4-9(20-2)11(18)10(5-8)21-3/h4-6,18H,1-3H3,(H,16,22). The second-order valence-electron chi connectivity index (χ2n) is 4.25. The highest BCUT2D eigenvalue weighted by atomic mass is 32.1. The molecule has 1 aromatic heterocycles. The van der Waals surface area contributed by atoms with Crippen molar-refractivity contribution in [1.29, 1.82) is 0 Å². The third kappa shape index (κ3) is 2.98. The maximum Gasteiger partial charge on any atom is 0.296 e. The molecule has 1 heterocycles. The first-order chi connectivity index (χ1) is 10.5. The van der Waals surface area contributed by atoms with Gasteiger partial charge in [0.05, 0.1) is 20.4 Å². The Hall–Kier alpha value is -2.68. The van der Waals surface area contributed by atoms with E-state index in [1.54, 1.807) is 19.1 Å². The second kappa shape index (κ2) is 6.39. The number of methoxy groups -OCH3 is 2. The van der Waals surface area contributed by atoms with E-state index >= 15 is 0 Å². The minimum Gasteiger partial charge on any atom is -0.502 e. The monoisotopic (exact) mass is 322 g/mol. The summed E-state index contributed by atoms with van der Waals surface area (Å²) in [4.78, 5) is 11.9. The summed E-state index contributed by atoms with van der Waals surface area (Å²) in [6, 6.07) is 3.10. The number of nitrogens with one attached hydrogen (secondary N) is 1. The zero-order valence-corrected chi connectivity index (χ0v) is 13.0. The summed E-state index contributed by atoms with van der Waals surface area (Å²) < 4.78 is 11.2. The van der Waals surface area contributed by atoms with Crippen LogP contribution in [0.4, 0.5) is 0 Å². The van der Waals surface area contributed by atoms with E-state index in [1.807, 2.05) is 0 Å². The van der Waals surface area contributed by atoms with Gasteiger partial charge in [-0.25, -0.2) is 0 Å². The Kier molecular flexibility index (Phi) is 4.56. The number of rotatable bonds is 4. The highest BCUT2D eigenvalue weighted by Crippen LogP contribution is 2.36. The molecule has 2 rings (SSSR count). The summed E-state index contributed by atoms with van der Waals surface area (Å²) in [5.74, 6) is 0.338. The summed E-state index contributed by atoms with van der Waals surface area (Å²) in [6.07, 6.45) is 1.40. The number of ether oxygens (including phenoxy) is 2. The van der Waals surface area contributed by atoms with Crippen LogP contribution < -0.4 is 15.0 Å². The van der Waals surface area contributed by atoms with Crippen molar-refractivity contribution >= 4 is 18.4 Å². The molecule has 0 bridgehead atoms. The van der Waals surface area contributed by atoms with Crippen molar-refractivity contribution in [1.82, 2.24) is 14.9 Å². The zero-order chi connectivity index (χ0) is 16.3. The number of aromatic nitrogens is 3. The minimum atomic E-state index is -0.419. The number of benzene rings is 1. The Bertz CT molecular complexity index is 816. The van der Waals surface area contributed by atoms with E-state index in [0.29, 0.717) is 5.56 Å². The number of hydrogen-bond acceptors (Lipinski definition) is 7. The van der Waals surface area contributed by atoms with Gasteiger partial charge in [0.1, 0.15) is 5.69 Å². The molecular weight excluding hydrogens is 308 g/mol. The van der Waals surface area contributed by atoms with Gasteiger partial charge < -0.3 is 14.6 Å². The molecule has 2 N–H and O–H groups in total. The molecule has 22 heavy (non-hydrogen) atoms. The van der Waals surface area contributed by atoms with Gasteiger partial charge in [0.25, 0.3) is 5.56 Å². The van der Waals surface area contributed by atoms with E-state index < -0.39 is 5.56 Å². The fraction of sp³-hybridized carbons (Fsp3) is 0.231. The van der Waals surface area contributed by atoms with E-state index in [1.165, 1.54) is 20.4 Å². The maximum absolute atomic E-state index is 11.9. The van der Waals surface area contributed by atoms with Crippen LogP contribution in [0.3, 0.4) is 0 Å². The summed E-state index contributed by atoms with van der Waals surface area (Å²) >= 11 is 4.97. The van der Waals surface area contributed by atoms with Gasteiger partial charge in [0.2, 0.25) is 10.5 Å². The van der Waals surface area contributed by atoms with Crippen LogP contribution >= 0.6 is 12.2 Å². The van der Waals surface area contributed by atoms with Crippen molar-refractivity contribution < 1.29 is 14.6 Å². The van der Waals surface area contributed by atoms with Crippen LogP contribution in [0.25, 0.3) is 0 Å². The summed E-state index contributed by atoms with van der Waals surface area (Å²) in [7, 11) is 2.84. The highest BCUT2D eigenvalue weighted by molar-refractivity contribution is 7.71. The summed E-state index contributed by atoms with van der Waals surface area (Å²) in [6.45, 7) is 1.55. The van der Waals surface area contributed by atoms with Crippen molar-refractivity contribution in [2.45, 2.75) is 6.92 Å². The largest absolute Gasteiger partial charge is 0.502 e. The van der Waals surface area contributed by atoms with Gasteiger partial charge in [-0.05, 0) is 31.3 Å². The van der Waals surface area contributed by atoms with Gasteiger partial charge in [0.15, 0.2) is 11.5 Å². The lowest BCUT2D eigenvalue weighted by atomic mass is 10.2. The Morgan fingerprint density at radius 3 is 2.50 bits per heavy atom. The molecule has 0 aliphatic carbocycles. The molecule has 0 fully saturated rings. The Morgan fingerprint density at radius 1 is 1.36 bits per heavy atom. The van der Waals surface area contributed by atoms with Crippen molar-refractivity contribution in [3.63, 3.8) is 0 Å². The molecule has 0 spiro atoms. The first-order valence-electron chi connectivity index (χ1n) is 6.15. The van der Waals surface area contributed by atoms with Crippen molar-refractivity contribution in [3.05, 3.63) is 38.5 Å². The zero-order valence-electron chi connectivity index (χ0n) is 12.2. The van der Waals surface area contributed by atoms with Gasteiger partial charge in [0, 0.05) is 5.56 Å². The first kappa shape index (κ1) is 15.7. The van der Waals surface area contributed by atoms with Gasteiger partial charge in [-0.2, -0.15) is 14.9 Å². The fourth-order valence-electron chi connectivity index (χ4n) is 1.69. The number of phenolic OH excluding ortho intramolecular Hbond substituents is 1. The number of aromatic amines is 1. The Balaban J connectivity index is 2.50. The number of aromatic hydroxyl groups is 1. The van der Waals surface area contributed by atoms with Crippen LogP contribution in [0.5, 0.6) is 17.2 Å². The molecule has 0 aliphatic rings. The van der Waals surface area contributed by atoms with Crippen molar-refractivity contribution in [2.24, 2.45) is 5.10 Å². The van der Waals surface area contributed by atoms with E-state index in [-0.39, 0.29) is 27.7 Å². The molecule has 1 aromatic carbocycles. The van der Waals surface area contributed by atoms with Gasteiger partial charge in [-0.15, -0.1) is 0 Å². The SMILES string of the molecule is COc1cc(C=Nn2c(=S)[nH]nc(C)c2=O)cc(OC)c1O. The van der Waals surface area contributed by atoms with Crippen molar-refractivity contribution in [3.8, 4) is 17.2 Å². The molecular formula is C13H14N4O4S. The molecule has 0 amide bonds. The quantitative estimate of drug-likeness (QED) is 0.648. The van der Waals surface area contributed by atoms with Crippen LogP contribution in [0.15, 0.2) is 22.0 Å². The lowest BCUT2D eigenvalue weighted by molar-refractivity contribution is 0.340. The molecule has 0 saturated carbocycles. The molecule has 0 aliphatic heterocycles. The average molecular weight is 322 g/mol. The Labute approximate surface area is 130 Å². The van der Waals surface area contributed by atoms with E-state index in [0.717, 1.165) is 4.68 Å². The van der Waals surface area contributed by atoms with Crippen LogP contribution in [-0.2, 0) is 0 Å². The number of nitrogens with zero attached hydrogens (tertiary/aromatic N) is 3. The number of phenols is 1. The van der Waals surface area contributed by atoms with E-state index in [9.17, 15) is 9.90 Å². The minimum absolute atomic E-state index is 0.0737. The summed E-state index contributed by atoms with van der Waals surface area (Å²) in [5, 5.41) is 20.1. The highest BCUT2D eigenvalue weighted by Gasteiger charge is 2.10. The predicted octanol–water partition coefficient (Wildman–Crippen LogP) is 1.21. The second-order valence-corrected chi connectivity index (χ2v) is 4.64. The van der Waals surface area contributed by atoms with Crippen LogP contribution in [0.1, 0.15) is 11.3 Å². The van der Waals surface area contributed by atoms with Crippen molar-refractivity contribution in [2.75, 3.05) is 14.2 Å². The molecule has 9 heteroatoms. The molecule has 0 unspecified atom stereocenters. The molecule has 0 atom stereocenters. The van der Waals surface area contributed by atoms with Crippen LogP contribution in [-0.4, -0.2) is 40.4 Å². The molecule has 0 saturated heterocycles. The van der Waals surface area contributed by atoms with Crippen LogP contribution in [0.2, 0.25) is 0 Å². The lowest BCUT2D eigenvalue weighted by Crippen LogP contribution is -2.22. The van der Waals surface area contributed by atoms with Crippen LogP contribution in [0, 0.1) is 11.7 Å². The topological polar surface area (TPSA) is 102 Å². The third-order valence-electron chi connectivity index (χ3n) is 2.84. The maximum atomic E-state index is 11.9. The van der Waals surface area contributed by atoms with Gasteiger partial charge in [-0.1, -0.05) is 0 Å². The normalized spacial score (nSPS) is 10.9. The first-order valence-corrected chi connectivity index (χ1v) is 6.56. The molecule has 0 radical (unpaired) electrons. The molecule has 116 valence electrons. The predicted molar refractivity (Wildman–Crippen MR) is 82.6 cm³/mol. The number of aryl methyl sites for hydroxylation is 1. The van der Waals surface area contributed by atoms with Gasteiger partial charge in [-0.3, -0.25) is 9.89 Å². The number of H-pyrrole nitrogens is 1. The fourth-order valence-corrected chi connectivity index (χ4v) is 1.87. The molecule has 8 nitrogen and oxygen atoms in total. The van der Waals surface area contributed by atoms with Gasteiger partial charge >= 0.3 is 0 Å². The lowest BCUT2D eigenvalue weighted by Gasteiger charge is -2.09. The number of hydrogen-bond donors (Lipinski definition) is 2. The average Bonchev–Trinajstić information content (AvgIpc) is 2.52. The molecule has 2 aromatic rings. The van der Waals surface area contributed by atoms with E-state index in [4.69, 9.17) is 21.7 Å². The third-order valence-corrected chi connectivity index (χ3v) is 3.10. The summed E-state index contributed by atoms with van der Waals surface area (Å²) in [5.41, 5.74) is 0.381.